The number of sulfonamides is 1. The van der Waals surface area contributed by atoms with E-state index in [-0.39, 0.29) is 12.1 Å². The molecule has 3 heterocycles. The zero-order valence-electron chi connectivity index (χ0n) is 10.3. The van der Waals surface area contributed by atoms with Crippen molar-refractivity contribution in [1.82, 2.24) is 9.62 Å². The highest BCUT2D eigenvalue weighted by molar-refractivity contribution is 9.12. The summed E-state index contributed by atoms with van der Waals surface area (Å²) in [6.07, 6.45) is 0.944. The molecule has 2 fully saturated rings. The number of nitrogens with zero attached hydrogens (tertiary/aromatic N) is 1. The molecule has 0 amide bonds. The summed E-state index contributed by atoms with van der Waals surface area (Å²) in [5.41, 5.74) is 0. The highest BCUT2D eigenvalue weighted by Crippen LogP contribution is 2.41. The molecule has 3 rings (SSSR count). The molecule has 1 aromatic rings. The Hall–Kier alpha value is 0.530. The van der Waals surface area contributed by atoms with Crippen LogP contribution in [0.2, 0.25) is 0 Å². The lowest BCUT2D eigenvalue weighted by Gasteiger charge is -2.26. The fourth-order valence-corrected chi connectivity index (χ4v) is 8.81. The molecule has 0 spiro atoms. The molecule has 0 aromatic carbocycles. The molecule has 2 aliphatic heterocycles. The number of halogens is 2. The van der Waals surface area contributed by atoms with E-state index in [9.17, 15) is 8.42 Å². The van der Waals surface area contributed by atoms with Crippen LogP contribution in [-0.2, 0) is 10.0 Å². The molecule has 2 aliphatic rings. The van der Waals surface area contributed by atoms with Crippen molar-refractivity contribution >= 4 is 53.2 Å². The molecule has 8 heteroatoms. The maximum absolute atomic E-state index is 12.9. The summed E-state index contributed by atoms with van der Waals surface area (Å²) in [6, 6.07) is 1.87. The fraction of sp³-hybridized carbons (Fsp3) is 0.636. The van der Waals surface area contributed by atoms with Gasteiger partial charge in [0.25, 0.3) is 0 Å². The summed E-state index contributed by atoms with van der Waals surface area (Å²) in [5, 5.41) is 3.29. The van der Waals surface area contributed by atoms with Gasteiger partial charge in [0.2, 0.25) is 10.0 Å². The molecule has 0 aliphatic carbocycles. The van der Waals surface area contributed by atoms with Crippen LogP contribution in [0.3, 0.4) is 0 Å². The smallest absolute Gasteiger partial charge is 0.245 e. The van der Waals surface area contributed by atoms with Crippen LogP contribution in [0.25, 0.3) is 0 Å². The van der Waals surface area contributed by atoms with Crippen LogP contribution in [0.15, 0.2) is 18.5 Å². The molecule has 1 N–H and O–H groups in total. The first-order valence-corrected chi connectivity index (χ1v) is 9.94. The van der Waals surface area contributed by atoms with Gasteiger partial charge in [-0.1, -0.05) is 0 Å². The van der Waals surface area contributed by atoms with Gasteiger partial charge in [-0.2, -0.15) is 4.31 Å². The average molecular weight is 430 g/mol. The molecule has 19 heavy (non-hydrogen) atoms. The largest absolute Gasteiger partial charge is 0.315 e. The second-order valence-corrected chi connectivity index (χ2v) is 10.7. The van der Waals surface area contributed by atoms with Crippen molar-refractivity contribution in [2.75, 3.05) is 13.1 Å². The molecule has 106 valence electrons. The van der Waals surface area contributed by atoms with E-state index in [0.29, 0.717) is 14.6 Å². The van der Waals surface area contributed by atoms with Crippen LogP contribution < -0.4 is 5.32 Å². The van der Waals surface area contributed by atoms with E-state index in [1.165, 1.54) is 11.3 Å². The fourth-order valence-electron chi connectivity index (χ4n) is 3.16. The Bertz CT molecular complexity index is 602. The van der Waals surface area contributed by atoms with E-state index in [2.05, 4.69) is 37.2 Å². The van der Waals surface area contributed by atoms with E-state index in [0.717, 1.165) is 23.3 Å². The standard InChI is InChI=1S/C11H14Br2N2O2S2/c1-6-2-7-4-14-5-8(7)15(6)19(16,17)9-3-10(12)18-11(9)13/h3,6-8,14H,2,4-5H2,1H3. The minimum atomic E-state index is -3.43. The van der Waals surface area contributed by atoms with E-state index in [1.807, 2.05) is 6.92 Å². The maximum Gasteiger partial charge on any atom is 0.245 e. The van der Waals surface area contributed by atoms with Crippen molar-refractivity contribution in [3.63, 3.8) is 0 Å². The van der Waals surface area contributed by atoms with Gasteiger partial charge in [-0.25, -0.2) is 8.42 Å². The zero-order valence-corrected chi connectivity index (χ0v) is 15.1. The summed E-state index contributed by atoms with van der Waals surface area (Å²) in [7, 11) is -3.43. The van der Waals surface area contributed by atoms with Crippen molar-refractivity contribution in [2.45, 2.75) is 30.3 Å². The van der Waals surface area contributed by atoms with Gasteiger partial charge < -0.3 is 5.32 Å². The molecule has 0 bridgehead atoms. The Morgan fingerprint density at radius 3 is 2.79 bits per heavy atom. The Labute approximate surface area is 133 Å². The molecule has 2 saturated heterocycles. The second-order valence-electron chi connectivity index (χ2n) is 5.09. The van der Waals surface area contributed by atoms with Crippen molar-refractivity contribution < 1.29 is 8.42 Å². The van der Waals surface area contributed by atoms with Gasteiger partial charge in [-0.05, 0) is 63.7 Å². The highest BCUT2D eigenvalue weighted by atomic mass is 79.9. The Balaban J connectivity index is 2.02. The Kier molecular flexibility index (Phi) is 3.86. The van der Waals surface area contributed by atoms with Crippen LogP contribution in [0.5, 0.6) is 0 Å². The van der Waals surface area contributed by atoms with E-state index in [4.69, 9.17) is 0 Å². The van der Waals surface area contributed by atoms with Crippen molar-refractivity contribution in [2.24, 2.45) is 5.92 Å². The predicted molar refractivity (Wildman–Crippen MR) is 83.0 cm³/mol. The molecule has 0 radical (unpaired) electrons. The maximum atomic E-state index is 12.9. The summed E-state index contributed by atoms with van der Waals surface area (Å²) >= 11 is 8.10. The topological polar surface area (TPSA) is 49.4 Å². The number of hydrogen-bond acceptors (Lipinski definition) is 4. The Morgan fingerprint density at radius 1 is 1.42 bits per heavy atom. The summed E-state index contributed by atoms with van der Waals surface area (Å²) in [5.74, 6) is 0.450. The van der Waals surface area contributed by atoms with Gasteiger partial charge in [-0.15, -0.1) is 11.3 Å². The van der Waals surface area contributed by atoms with Crippen LogP contribution in [-0.4, -0.2) is 37.9 Å². The summed E-state index contributed by atoms with van der Waals surface area (Å²) in [4.78, 5) is 0.378. The first-order chi connectivity index (χ1) is 8.91. The Morgan fingerprint density at radius 2 is 2.16 bits per heavy atom. The lowest BCUT2D eigenvalue weighted by atomic mass is 10.0. The van der Waals surface area contributed by atoms with Crippen molar-refractivity contribution in [3.05, 3.63) is 13.6 Å². The number of fused-ring (bicyclic) bond motifs is 1. The number of thiophene rings is 1. The number of hydrogen-bond donors (Lipinski definition) is 1. The van der Waals surface area contributed by atoms with E-state index >= 15 is 0 Å². The van der Waals surface area contributed by atoms with Crippen LogP contribution in [0, 0.1) is 5.92 Å². The molecular weight excluding hydrogens is 416 g/mol. The predicted octanol–water partition coefficient (Wildman–Crippen LogP) is 2.64. The molecule has 3 unspecified atom stereocenters. The van der Waals surface area contributed by atoms with Crippen molar-refractivity contribution in [3.8, 4) is 0 Å². The second kappa shape index (κ2) is 5.06. The van der Waals surface area contributed by atoms with E-state index in [1.54, 1.807) is 10.4 Å². The third-order valence-corrected chi connectivity index (χ3v) is 8.68. The average Bonchev–Trinajstić information content (AvgIpc) is 2.92. The number of rotatable bonds is 2. The SMILES string of the molecule is CC1CC2CNCC2N1S(=O)(=O)c1cc(Br)sc1Br. The van der Waals surface area contributed by atoms with Gasteiger partial charge in [0, 0.05) is 18.6 Å². The monoisotopic (exact) mass is 428 g/mol. The summed E-state index contributed by atoms with van der Waals surface area (Å²) in [6.45, 7) is 3.69. The zero-order chi connectivity index (χ0) is 13.8. The first-order valence-electron chi connectivity index (χ1n) is 6.10. The van der Waals surface area contributed by atoms with Crippen molar-refractivity contribution in [1.29, 1.82) is 0 Å². The van der Waals surface area contributed by atoms with Gasteiger partial charge >= 0.3 is 0 Å². The lowest BCUT2D eigenvalue weighted by Crippen LogP contribution is -2.42. The van der Waals surface area contributed by atoms with Crippen LogP contribution in [0.1, 0.15) is 13.3 Å². The van der Waals surface area contributed by atoms with Gasteiger partial charge in [-0.3, -0.25) is 0 Å². The summed E-state index contributed by atoms with van der Waals surface area (Å²) < 4.78 is 28.9. The quantitative estimate of drug-likeness (QED) is 0.786. The van der Waals surface area contributed by atoms with Gasteiger partial charge in [0.15, 0.2) is 0 Å². The van der Waals surface area contributed by atoms with Crippen LogP contribution in [0.4, 0.5) is 0 Å². The molecule has 0 saturated carbocycles. The van der Waals surface area contributed by atoms with E-state index < -0.39 is 10.0 Å². The third-order valence-electron chi connectivity index (χ3n) is 3.89. The van der Waals surface area contributed by atoms with Crippen LogP contribution >= 0.6 is 43.2 Å². The number of nitrogens with one attached hydrogen (secondary N) is 1. The molecular formula is C11H14Br2N2O2S2. The normalized spacial score (nSPS) is 31.8. The molecule has 3 atom stereocenters. The molecule has 1 aromatic heterocycles. The first kappa shape index (κ1) is 14.5. The minimum Gasteiger partial charge on any atom is -0.315 e. The highest BCUT2D eigenvalue weighted by Gasteiger charge is 2.48. The third kappa shape index (κ3) is 2.34. The van der Waals surface area contributed by atoms with Gasteiger partial charge in [0.05, 0.1) is 7.57 Å². The molecule has 4 nitrogen and oxygen atoms in total. The van der Waals surface area contributed by atoms with Gasteiger partial charge in [0.1, 0.15) is 4.90 Å². The minimum absolute atomic E-state index is 0.0766. The lowest BCUT2D eigenvalue weighted by molar-refractivity contribution is 0.335.